The third kappa shape index (κ3) is 6.38. The second-order valence-electron chi connectivity index (χ2n) is 5.11. The van der Waals surface area contributed by atoms with E-state index in [1.54, 1.807) is 7.11 Å². The number of likely N-dealkylation sites (N-methyl/N-ethyl adjacent to an activating group) is 1. The van der Waals surface area contributed by atoms with Gasteiger partial charge in [0.25, 0.3) is 0 Å². The lowest BCUT2D eigenvalue weighted by Crippen LogP contribution is -2.44. The van der Waals surface area contributed by atoms with Gasteiger partial charge in [0.1, 0.15) is 5.54 Å². The van der Waals surface area contributed by atoms with E-state index in [2.05, 4.69) is 44.0 Å². The maximum absolute atomic E-state index is 9.38. The van der Waals surface area contributed by atoms with Crippen molar-refractivity contribution >= 4 is 0 Å². The van der Waals surface area contributed by atoms with Crippen LogP contribution in [0.2, 0.25) is 0 Å². The molecule has 0 aromatic heterocycles. The SMILES string of the molecule is CCNC(C#N)(CC)CCCN(CC)C(C)COC. The quantitative estimate of drug-likeness (QED) is 0.626. The van der Waals surface area contributed by atoms with E-state index in [-0.39, 0.29) is 5.54 Å². The fourth-order valence-electron chi connectivity index (χ4n) is 2.52. The molecule has 0 saturated heterocycles. The lowest BCUT2D eigenvalue weighted by Gasteiger charge is -2.30. The Labute approximate surface area is 119 Å². The molecule has 4 heteroatoms. The van der Waals surface area contributed by atoms with Crippen LogP contribution in [0.3, 0.4) is 0 Å². The molecule has 2 unspecified atom stereocenters. The van der Waals surface area contributed by atoms with Gasteiger partial charge < -0.3 is 4.74 Å². The number of nitriles is 1. The number of hydrogen-bond acceptors (Lipinski definition) is 4. The Morgan fingerprint density at radius 2 is 2.05 bits per heavy atom. The van der Waals surface area contributed by atoms with Crippen LogP contribution in [0.1, 0.15) is 47.0 Å². The van der Waals surface area contributed by atoms with Crippen molar-refractivity contribution in [3.8, 4) is 6.07 Å². The zero-order valence-corrected chi connectivity index (χ0v) is 13.3. The molecule has 0 fully saturated rings. The molecule has 0 spiro atoms. The van der Waals surface area contributed by atoms with Gasteiger partial charge in [-0.05, 0) is 45.8 Å². The molecule has 0 aliphatic carbocycles. The van der Waals surface area contributed by atoms with Crippen molar-refractivity contribution in [2.75, 3.05) is 33.4 Å². The first kappa shape index (κ1) is 18.4. The average Bonchev–Trinajstić information content (AvgIpc) is 2.42. The van der Waals surface area contributed by atoms with E-state index >= 15 is 0 Å². The fraction of sp³-hybridized carbons (Fsp3) is 0.933. The lowest BCUT2D eigenvalue weighted by atomic mass is 9.91. The van der Waals surface area contributed by atoms with Crippen molar-refractivity contribution in [1.82, 2.24) is 10.2 Å². The van der Waals surface area contributed by atoms with E-state index in [1.807, 2.05) is 0 Å². The van der Waals surface area contributed by atoms with Crippen LogP contribution in [-0.2, 0) is 4.74 Å². The molecule has 0 aliphatic heterocycles. The molecule has 19 heavy (non-hydrogen) atoms. The molecule has 0 amide bonds. The third-order valence-corrected chi connectivity index (χ3v) is 3.82. The molecule has 0 bridgehead atoms. The highest BCUT2D eigenvalue weighted by Gasteiger charge is 2.26. The van der Waals surface area contributed by atoms with Gasteiger partial charge >= 0.3 is 0 Å². The largest absolute Gasteiger partial charge is 0.383 e. The molecule has 0 aromatic carbocycles. The van der Waals surface area contributed by atoms with E-state index in [4.69, 9.17) is 4.74 Å². The van der Waals surface area contributed by atoms with Crippen LogP contribution in [0.25, 0.3) is 0 Å². The first-order valence-electron chi connectivity index (χ1n) is 7.48. The standard InChI is InChI=1S/C15H31N3O/c1-6-15(13-16,17-7-2)10-9-11-18(8-3)14(4)12-19-5/h14,17H,6-12H2,1-5H3. The second-order valence-corrected chi connectivity index (χ2v) is 5.11. The summed E-state index contributed by atoms with van der Waals surface area (Å²) in [5.41, 5.74) is -0.349. The number of ether oxygens (including phenoxy) is 1. The van der Waals surface area contributed by atoms with Gasteiger partial charge in [0.2, 0.25) is 0 Å². The molecule has 4 nitrogen and oxygen atoms in total. The Morgan fingerprint density at radius 3 is 2.47 bits per heavy atom. The summed E-state index contributed by atoms with van der Waals surface area (Å²) in [7, 11) is 1.74. The van der Waals surface area contributed by atoms with Gasteiger partial charge in [-0.2, -0.15) is 5.26 Å². The Hall–Kier alpha value is -0.630. The normalized spacial score (nSPS) is 16.1. The third-order valence-electron chi connectivity index (χ3n) is 3.82. The predicted octanol–water partition coefficient (Wildman–Crippen LogP) is 2.41. The summed E-state index contributed by atoms with van der Waals surface area (Å²) in [6.07, 6.45) is 2.80. The summed E-state index contributed by atoms with van der Waals surface area (Å²) < 4.78 is 5.21. The number of methoxy groups -OCH3 is 1. The topological polar surface area (TPSA) is 48.3 Å². The van der Waals surface area contributed by atoms with Gasteiger partial charge in [0.05, 0.1) is 12.7 Å². The zero-order valence-electron chi connectivity index (χ0n) is 13.3. The predicted molar refractivity (Wildman–Crippen MR) is 80.1 cm³/mol. The highest BCUT2D eigenvalue weighted by molar-refractivity contribution is 5.06. The highest BCUT2D eigenvalue weighted by atomic mass is 16.5. The molecule has 0 rings (SSSR count). The minimum Gasteiger partial charge on any atom is -0.383 e. The fourth-order valence-corrected chi connectivity index (χ4v) is 2.52. The average molecular weight is 269 g/mol. The summed E-state index contributed by atoms with van der Waals surface area (Å²) >= 11 is 0. The second kappa shape index (κ2) is 10.2. The van der Waals surface area contributed by atoms with Crippen molar-refractivity contribution in [2.24, 2.45) is 0 Å². The lowest BCUT2D eigenvalue weighted by molar-refractivity contribution is 0.100. The van der Waals surface area contributed by atoms with E-state index < -0.39 is 0 Å². The van der Waals surface area contributed by atoms with E-state index in [1.165, 1.54) is 0 Å². The minimum atomic E-state index is -0.349. The smallest absolute Gasteiger partial charge is 0.106 e. The molecule has 0 aromatic rings. The van der Waals surface area contributed by atoms with Crippen LogP contribution in [0, 0.1) is 11.3 Å². The molecular weight excluding hydrogens is 238 g/mol. The summed E-state index contributed by atoms with van der Waals surface area (Å²) in [6.45, 7) is 12.2. The van der Waals surface area contributed by atoms with Crippen LogP contribution >= 0.6 is 0 Å². The van der Waals surface area contributed by atoms with Gasteiger partial charge in [-0.15, -0.1) is 0 Å². The Kier molecular flexibility index (Phi) is 9.85. The molecule has 0 saturated carbocycles. The number of hydrogen-bond donors (Lipinski definition) is 1. The monoisotopic (exact) mass is 269 g/mol. The van der Waals surface area contributed by atoms with Crippen molar-refractivity contribution in [2.45, 2.75) is 58.5 Å². The van der Waals surface area contributed by atoms with Crippen LogP contribution in [-0.4, -0.2) is 49.8 Å². The Balaban J connectivity index is 4.27. The number of nitrogens with zero attached hydrogens (tertiary/aromatic N) is 2. The van der Waals surface area contributed by atoms with Crippen LogP contribution < -0.4 is 5.32 Å². The van der Waals surface area contributed by atoms with E-state index in [0.29, 0.717) is 6.04 Å². The first-order valence-corrected chi connectivity index (χ1v) is 7.48. The summed E-state index contributed by atoms with van der Waals surface area (Å²) in [6, 6.07) is 2.90. The summed E-state index contributed by atoms with van der Waals surface area (Å²) in [5, 5.41) is 12.7. The highest BCUT2D eigenvalue weighted by Crippen LogP contribution is 2.17. The molecule has 0 heterocycles. The van der Waals surface area contributed by atoms with Gasteiger partial charge in [0, 0.05) is 13.2 Å². The van der Waals surface area contributed by atoms with E-state index in [0.717, 1.165) is 45.5 Å². The molecule has 2 atom stereocenters. The Morgan fingerprint density at radius 1 is 1.37 bits per heavy atom. The van der Waals surface area contributed by atoms with E-state index in [9.17, 15) is 5.26 Å². The van der Waals surface area contributed by atoms with Gasteiger partial charge in [-0.3, -0.25) is 10.2 Å². The van der Waals surface area contributed by atoms with Crippen LogP contribution in [0.5, 0.6) is 0 Å². The molecule has 112 valence electrons. The van der Waals surface area contributed by atoms with Crippen molar-refractivity contribution in [3.05, 3.63) is 0 Å². The first-order chi connectivity index (χ1) is 9.09. The maximum atomic E-state index is 9.38. The number of nitrogens with one attached hydrogen (secondary N) is 1. The van der Waals surface area contributed by atoms with Crippen LogP contribution in [0.15, 0.2) is 0 Å². The Bertz CT molecular complexity index is 265. The van der Waals surface area contributed by atoms with Crippen LogP contribution in [0.4, 0.5) is 0 Å². The van der Waals surface area contributed by atoms with Crippen molar-refractivity contribution in [1.29, 1.82) is 5.26 Å². The van der Waals surface area contributed by atoms with Gasteiger partial charge in [0.15, 0.2) is 0 Å². The molecule has 0 radical (unpaired) electrons. The van der Waals surface area contributed by atoms with Crippen molar-refractivity contribution < 1.29 is 4.74 Å². The minimum absolute atomic E-state index is 0.349. The zero-order chi connectivity index (χ0) is 14.7. The molecule has 0 aliphatic rings. The molecule has 1 N–H and O–H groups in total. The van der Waals surface area contributed by atoms with Gasteiger partial charge in [-0.1, -0.05) is 20.8 Å². The molecular formula is C15H31N3O. The van der Waals surface area contributed by atoms with Gasteiger partial charge in [-0.25, -0.2) is 0 Å². The summed E-state index contributed by atoms with van der Waals surface area (Å²) in [5.74, 6) is 0. The maximum Gasteiger partial charge on any atom is 0.106 e. The summed E-state index contributed by atoms with van der Waals surface area (Å²) in [4.78, 5) is 2.41. The number of rotatable bonds is 11. The van der Waals surface area contributed by atoms with Crippen molar-refractivity contribution in [3.63, 3.8) is 0 Å².